The lowest BCUT2D eigenvalue weighted by atomic mass is 10.2. The standard InChI is InChI=1S/C14H12N2O4/c1-9(11-4-2-6-18-11)15-14(17)10-8-13(20-16-10)12-5-3-7-19-12/h2-9H,1H3,(H,15,17)/t9-/m1/s1. The van der Waals surface area contributed by atoms with Crippen LogP contribution in [0.1, 0.15) is 29.2 Å². The van der Waals surface area contributed by atoms with Gasteiger partial charge in [0.15, 0.2) is 11.5 Å². The van der Waals surface area contributed by atoms with Gasteiger partial charge in [-0.05, 0) is 31.2 Å². The SMILES string of the molecule is C[C@@H](NC(=O)c1cc(-c2ccco2)on1)c1ccco1. The molecular weight excluding hydrogens is 260 g/mol. The summed E-state index contributed by atoms with van der Waals surface area (Å²) in [5, 5.41) is 6.50. The number of aromatic nitrogens is 1. The maximum Gasteiger partial charge on any atom is 0.274 e. The molecule has 0 radical (unpaired) electrons. The molecule has 3 rings (SSSR count). The summed E-state index contributed by atoms with van der Waals surface area (Å²) in [7, 11) is 0. The molecule has 3 aromatic rings. The molecule has 0 fully saturated rings. The average molecular weight is 272 g/mol. The van der Waals surface area contributed by atoms with E-state index in [1.165, 1.54) is 12.3 Å². The molecule has 0 aliphatic rings. The van der Waals surface area contributed by atoms with Crippen LogP contribution in [0.2, 0.25) is 0 Å². The van der Waals surface area contributed by atoms with Crippen molar-refractivity contribution >= 4 is 5.91 Å². The normalized spacial score (nSPS) is 12.2. The second-order valence-corrected chi connectivity index (χ2v) is 4.26. The minimum atomic E-state index is -0.338. The zero-order chi connectivity index (χ0) is 13.9. The number of amides is 1. The molecule has 0 saturated carbocycles. The summed E-state index contributed by atoms with van der Waals surface area (Å²) in [6.45, 7) is 1.82. The number of nitrogens with zero attached hydrogens (tertiary/aromatic N) is 1. The van der Waals surface area contributed by atoms with Crippen LogP contribution in [0.4, 0.5) is 0 Å². The van der Waals surface area contributed by atoms with Crippen molar-refractivity contribution in [3.63, 3.8) is 0 Å². The fraction of sp³-hybridized carbons (Fsp3) is 0.143. The lowest BCUT2D eigenvalue weighted by Gasteiger charge is -2.09. The molecule has 6 heteroatoms. The molecule has 3 heterocycles. The van der Waals surface area contributed by atoms with Crippen molar-refractivity contribution in [2.45, 2.75) is 13.0 Å². The first kappa shape index (κ1) is 12.3. The number of rotatable bonds is 4. The van der Waals surface area contributed by atoms with Crippen molar-refractivity contribution < 1.29 is 18.2 Å². The molecule has 0 unspecified atom stereocenters. The van der Waals surface area contributed by atoms with Gasteiger partial charge in [0.25, 0.3) is 5.91 Å². The number of carbonyl (C=O) groups is 1. The molecule has 3 aromatic heterocycles. The van der Waals surface area contributed by atoms with Crippen LogP contribution in [0.25, 0.3) is 11.5 Å². The second-order valence-electron chi connectivity index (χ2n) is 4.26. The van der Waals surface area contributed by atoms with Crippen molar-refractivity contribution in [1.29, 1.82) is 0 Å². The first-order valence-electron chi connectivity index (χ1n) is 6.09. The molecule has 0 aliphatic heterocycles. The van der Waals surface area contributed by atoms with Crippen LogP contribution in [0.3, 0.4) is 0 Å². The fourth-order valence-electron chi connectivity index (χ4n) is 1.80. The van der Waals surface area contributed by atoms with Crippen LogP contribution < -0.4 is 5.32 Å². The van der Waals surface area contributed by atoms with Crippen molar-refractivity contribution in [2.24, 2.45) is 0 Å². The third kappa shape index (κ3) is 2.35. The van der Waals surface area contributed by atoms with Gasteiger partial charge >= 0.3 is 0 Å². The lowest BCUT2D eigenvalue weighted by Crippen LogP contribution is -2.26. The van der Waals surface area contributed by atoms with Gasteiger partial charge < -0.3 is 18.7 Å². The van der Waals surface area contributed by atoms with Gasteiger partial charge in [-0.15, -0.1) is 0 Å². The van der Waals surface area contributed by atoms with E-state index >= 15 is 0 Å². The van der Waals surface area contributed by atoms with E-state index in [0.717, 1.165) is 0 Å². The Balaban J connectivity index is 1.72. The number of carbonyl (C=O) groups excluding carboxylic acids is 1. The second kappa shape index (κ2) is 5.08. The lowest BCUT2D eigenvalue weighted by molar-refractivity contribution is 0.0926. The first-order chi connectivity index (χ1) is 9.74. The highest BCUT2D eigenvalue weighted by Gasteiger charge is 2.18. The largest absolute Gasteiger partial charge is 0.467 e. The maximum absolute atomic E-state index is 12.0. The summed E-state index contributed by atoms with van der Waals surface area (Å²) >= 11 is 0. The van der Waals surface area contributed by atoms with Crippen LogP contribution in [-0.2, 0) is 0 Å². The molecule has 0 saturated heterocycles. The fourth-order valence-corrected chi connectivity index (χ4v) is 1.80. The summed E-state index contributed by atoms with van der Waals surface area (Å²) in [6.07, 6.45) is 3.08. The van der Waals surface area contributed by atoms with Gasteiger partial charge in [0, 0.05) is 6.07 Å². The first-order valence-corrected chi connectivity index (χ1v) is 6.09. The Labute approximate surface area is 114 Å². The third-order valence-corrected chi connectivity index (χ3v) is 2.82. The monoisotopic (exact) mass is 272 g/mol. The maximum atomic E-state index is 12.0. The van der Waals surface area contributed by atoms with Crippen LogP contribution in [0.5, 0.6) is 0 Å². The molecule has 20 heavy (non-hydrogen) atoms. The Bertz CT molecular complexity index is 683. The number of hydrogen-bond acceptors (Lipinski definition) is 5. The van der Waals surface area contributed by atoms with Crippen LogP contribution in [-0.4, -0.2) is 11.1 Å². The van der Waals surface area contributed by atoms with Crippen LogP contribution in [0.15, 0.2) is 56.2 Å². The van der Waals surface area contributed by atoms with E-state index in [1.54, 1.807) is 30.5 Å². The molecule has 0 spiro atoms. The zero-order valence-corrected chi connectivity index (χ0v) is 10.7. The summed E-state index contributed by atoms with van der Waals surface area (Å²) in [5.74, 6) is 1.27. The van der Waals surface area contributed by atoms with Gasteiger partial charge in [0.1, 0.15) is 5.76 Å². The topological polar surface area (TPSA) is 81.4 Å². The molecule has 1 N–H and O–H groups in total. The van der Waals surface area contributed by atoms with Gasteiger partial charge in [0.05, 0.1) is 18.6 Å². The zero-order valence-electron chi connectivity index (χ0n) is 10.7. The number of nitrogens with one attached hydrogen (secondary N) is 1. The summed E-state index contributed by atoms with van der Waals surface area (Å²) in [6, 6.07) is 8.31. The molecule has 0 bridgehead atoms. The Kier molecular flexibility index (Phi) is 3.12. The minimum absolute atomic E-state index is 0.190. The van der Waals surface area contributed by atoms with Crippen LogP contribution in [0, 0.1) is 0 Å². The van der Waals surface area contributed by atoms with Gasteiger partial charge in [0.2, 0.25) is 5.76 Å². The highest BCUT2D eigenvalue weighted by atomic mass is 16.5. The molecule has 102 valence electrons. The third-order valence-electron chi connectivity index (χ3n) is 2.82. The van der Waals surface area contributed by atoms with Gasteiger partial charge in [-0.2, -0.15) is 0 Å². The molecule has 0 aromatic carbocycles. The Morgan fingerprint density at radius 1 is 1.20 bits per heavy atom. The average Bonchev–Trinajstić information content (AvgIpc) is 3.19. The Morgan fingerprint density at radius 2 is 2.00 bits per heavy atom. The summed E-state index contributed by atoms with van der Waals surface area (Å²) in [4.78, 5) is 12.0. The van der Waals surface area contributed by atoms with E-state index in [1.807, 2.05) is 6.92 Å². The number of furan rings is 2. The molecule has 1 amide bonds. The minimum Gasteiger partial charge on any atom is -0.467 e. The van der Waals surface area contributed by atoms with Crippen LogP contribution >= 0.6 is 0 Å². The Morgan fingerprint density at radius 3 is 2.70 bits per heavy atom. The number of hydrogen-bond donors (Lipinski definition) is 1. The molecular formula is C14H12N2O4. The highest BCUT2D eigenvalue weighted by Crippen LogP contribution is 2.21. The predicted molar refractivity (Wildman–Crippen MR) is 68.8 cm³/mol. The van der Waals surface area contributed by atoms with Crippen molar-refractivity contribution in [1.82, 2.24) is 10.5 Å². The van der Waals surface area contributed by atoms with Gasteiger partial charge in [-0.25, -0.2) is 0 Å². The molecule has 6 nitrogen and oxygen atoms in total. The van der Waals surface area contributed by atoms with E-state index in [9.17, 15) is 4.79 Å². The van der Waals surface area contributed by atoms with Crippen molar-refractivity contribution in [3.8, 4) is 11.5 Å². The van der Waals surface area contributed by atoms with Gasteiger partial charge in [-0.3, -0.25) is 4.79 Å². The van der Waals surface area contributed by atoms with E-state index in [2.05, 4.69) is 10.5 Å². The summed E-state index contributed by atoms with van der Waals surface area (Å²) in [5.41, 5.74) is 0.190. The van der Waals surface area contributed by atoms with Crippen molar-refractivity contribution in [3.05, 3.63) is 54.3 Å². The quantitative estimate of drug-likeness (QED) is 0.789. The Hall–Kier alpha value is -2.76. The summed E-state index contributed by atoms with van der Waals surface area (Å²) < 4.78 is 15.5. The van der Waals surface area contributed by atoms with E-state index in [4.69, 9.17) is 13.4 Å². The smallest absolute Gasteiger partial charge is 0.274 e. The van der Waals surface area contributed by atoms with E-state index < -0.39 is 0 Å². The van der Waals surface area contributed by atoms with E-state index in [0.29, 0.717) is 17.3 Å². The highest BCUT2D eigenvalue weighted by molar-refractivity contribution is 5.93. The molecule has 1 atom stereocenters. The predicted octanol–water partition coefficient (Wildman–Crippen LogP) is 3.02. The van der Waals surface area contributed by atoms with Crippen molar-refractivity contribution in [2.75, 3.05) is 0 Å². The molecule has 0 aliphatic carbocycles. The van der Waals surface area contributed by atoms with Gasteiger partial charge in [-0.1, -0.05) is 5.16 Å². The van der Waals surface area contributed by atoms with E-state index in [-0.39, 0.29) is 17.6 Å².